The number of hydrogen-bond donors (Lipinski definition) is 1. The number of amides is 1. The number of hydrogen-bond acceptors (Lipinski definition) is 5. The van der Waals surface area contributed by atoms with Gasteiger partial charge in [0.2, 0.25) is 5.91 Å². The fourth-order valence-corrected chi connectivity index (χ4v) is 4.40. The number of nitrogens with one attached hydrogen (secondary N) is 1. The van der Waals surface area contributed by atoms with E-state index in [1.807, 2.05) is 48.7 Å². The molecule has 3 aromatic rings. The lowest BCUT2D eigenvalue weighted by Gasteiger charge is -2.28. The van der Waals surface area contributed by atoms with Crippen molar-refractivity contribution in [2.75, 3.05) is 32.8 Å². The van der Waals surface area contributed by atoms with Crippen molar-refractivity contribution >= 4 is 5.91 Å². The minimum Gasteiger partial charge on any atom is -0.488 e. The fraction of sp³-hybridized carbons (Fsp3) is 0.333. The molecule has 1 aromatic heterocycles. The first-order valence-corrected chi connectivity index (χ1v) is 11.6. The Hall–Kier alpha value is -3.22. The molecule has 6 heteroatoms. The Morgan fingerprint density at radius 3 is 2.64 bits per heavy atom. The van der Waals surface area contributed by atoms with E-state index >= 15 is 0 Å². The van der Waals surface area contributed by atoms with Crippen LogP contribution in [0.1, 0.15) is 16.8 Å². The van der Waals surface area contributed by atoms with E-state index in [1.165, 1.54) is 5.56 Å². The van der Waals surface area contributed by atoms with Crippen molar-refractivity contribution in [2.24, 2.45) is 0 Å². The van der Waals surface area contributed by atoms with Gasteiger partial charge in [-0.25, -0.2) is 0 Å². The second kappa shape index (κ2) is 10.1. The molecule has 33 heavy (non-hydrogen) atoms. The van der Waals surface area contributed by atoms with Crippen LogP contribution < -0.4 is 10.1 Å². The van der Waals surface area contributed by atoms with E-state index in [2.05, 4.69) is 33.4 Å². The normalized spacial score (nSPS) is 17.9. The van der Waals surface area contributed by atoms with Gasteiger partial charge in [0.15, 0.2) is 0 Å². The first-order chi connectivity index (χ1) is 16.2. The Kier molecular flexibility index (Phi) is 6.65. The van der Waals surface area contributed by atoms with E-state index in [-0.39, 0.29) is 18.4 Å². The van der Waals surface area contributed by atoms with E-state index in [4.69, 9.17) is 9.47 Å². The molecule has 0 saturated carbocycles. The number of ether oxygens (including phenoxy) is 2. The molecule has 1 N–H and O–H groups in total. The molecule has 1 amide bonds. The van der Waals surface area contributed by atoms with Crippen LogP contribution in [0.2, 0.25) is 0 Å². The van der Waals surface area contributed by atoms with Gasteiger partial charge in [-0.15, -0.1) is 0 Å². The SMILES string of the molecule is O=C(Cc1ccc(-c2ccc3c(c2)C[C@@H](CN2CCOCC2)O3)cn1)NCc1ccccc1. The van der Waals surface area contributed by atoms with Gasteiger partial charge in [-0.2, -0.15) is 0 Å². The summed E-state index contributed by atoms with van der Waals surface area (Å²) in [6.45, 7) is 5.04. The molecule has 0 unspecified atom stereocenters. The smallest absolute Gasteiger partial charge is 0.226 e. The number of carbonyl (C=O) groups is 1. The third-order valence-corrected chi connectivity index (χ3v) is 6.20. The summed E-state index contributed by atoms with van der Waals surface area (Å²) in [6, 6.07) is 20.2. The van der Waals surface area contributed by atoms with Crippen LogP contribution in [0.5, 0.6) is 5.75 Å². The topological polar surface area (TPSA) is 63.7 Å². The number of benzene rings is 2. The monoisotopic (exact) mass is 443 g/mol. The van der Waals surface area contributed by atoms with Gasteiger partial charge >= 0.3 is 0 Å². The maximum Gasteiger partial charge on any atom is 0.226 e. The molecule has 170 valence electrons. The maximum atomic E-state index is 12.3. The number of pyridine rings is 1. The van der Waals surface area contributed by atoms with Crippen molar-refractivity contribution in [3.8, 4) is 16.9 Å². The number of morpholine rings is 1. The maximum absolute atomic E-state index is 12.3. The van der Waals surface area contributed by atoms with Crippen LogP contribution in [0.25, 0.3) is 11.1 Å². The molecular weight excluding hydrogens is 414 g/mol. The van der Waals surface area contributed by atoms with E-state index in [1.54, 1.807) is 0 Å². The number of rotatable bonds is 7. The number of nitrogens with zero attached hydrogens (tertiary/aromatic N) is 2. The second-order valence-electron chi connectivity index (χ2n) is 8.66. The van der Waals surface area contributed by atoms with Crippen LogP contribution in [0.3, 0.4) is 0 Å². The zero-order valence-electron chi connectivity index (χ0n) is 18.7. The Morgan fingerprint density at radius 1 is 1.03 bits per heavy atom. The lowest BCUT2D eigenvalue weighted by atomic mass is 10.0. The van der Waals surface area contributed by atoms with Gasteiger partial charge in [0.05, 0.1) is 19.6 Å². The third kappa shape index (κ3) is 5.59. The van der Waals surface area contributed by atoms with Gasteiger partial charge < -0.3 is 14.8 Å². The summed E-state index contributed by atoms with van der Waals surface area (Å²) in [7, 11) is 0. The minimum atomic E-state index is -0.0277. The Bertz CT molecular complexity index is 1080. The van der Waals surface area contributed by atoms with Crippen molar-refractivity contribution in [3.63, 3.8) is 0 Å². The Balaban J connectivity index is 1.16. The molecule has 1 saturated heterocycles. The lowest BCUT2D eigenvalue weighted by Crippen LogP contribution is -2.42. The van der Waals surface area contributed by atoms with E-state index in [9.17, 15) is 4.79 Å². The highest BCUT2D eigenvalue weighted by Gasteiger charge is 2.26. The minimum absolute atomic E-state index is 0.0277. The van der Waals surface area contributed by atoms with Gasteiger partial charge in [-0.3, -0.25) is 14.7 Å². The molecule has 0 radical (unpaired) electrons. The standard InChI is InChI=1S/C27H29N3O3/c31-27(29-17-20-4-2-1-3-5-20)16-24-8-6-22(18-28-24)21-7-9-26-23(14-21)15-25(33-26)19-30-10-12-32-13-11-30/h1-9,14,18,25H,10-13,15-17,19H2,(H,29,31)/t25-/m0/s1. The third-order valence-electron chi connectivity index (χ3n) is 6.20. The van der Waals surface area contributed by atoms with Crippen LogP contribution in [0.4, 0.5) is 0 Å². The molecule has 2 aromatic carbocycles. The molecule has 6 nitrogen and oxygen atoms in total. The van der Waals surface area contributed by atoms with Gasteiger partial charge in [0.25, 0.3) is 0 Å². The summed E-state index contributed by atoms with van der Waals surface area (Å²) >= 11 is 0. The molecule has 0 spiro atoms. The van der Waals surface area contributed by atoms with Crippen molar-refractivity contribution in [1.29, 1.82) is 0 Å². The summed E-state index contributed by atoms with van der Waals surface area (Å²) in [5.41, 5.74) is 5.26. The molecule has 1 fully saturated rings. The largest absolute Gasteiger partial charge is 0.488 e. The summed E-state index contributed by atoms with van der Waals surface area (Å²) in [5.74, 6) is 0.955. The van der Waals surface area contributed by atoms with Crippen LogP contribution in [0, 0.1) is 0 Å². The summed E-state index contributed by atoms with van der Waals surface area (Å²) in [6.07, 6.45) is 3.24. The zero-order chi connectivity index (χ0) is 22.5. The average molecular weight is 444 g/mol. The molecular formula is C27H29N3O3. The highest BCUT2D eigenvalue weighted by molar-refractivity contribution is 5.78. The van der Waals surface area contributed by atoms with Crippen LogP contribution in [-0.4, -0.2) is 54.7 Å². The molecule has 3 heterocycles. The first-order valence-electron chi connectivity index (χ1n) is 11.6. The lowest BCUT2D eigenvalue weighted by molar-refractivity contribution is -0.120. The number of carbonyl (C=O) groups excluding carboxylic acids is 1. The van der Waals surface area contributed by atoms with Gasteiger partial charge in [0, 0.05) is 50.1 Å². The Morgan fingerprint density at radius 2 is 1.85 bits per heavy atom. The van der Waals surface area contributed by atoms with Crippen LogP contribution in [-0.2, 0) is 28.9 Å². The predicted octanol–water partition coefficient (Wildman–Crippen LogP) is 3.24. The van der Waals surface area contributed by atoms with Crippen LogP contribution >= 0.6 is 0 Å². The molecule has 5 rings (SSSR count). The highest BCUT2D eigenvalue weighted by atomic mass is 16.5. The van der Waals surface area contributed by atoms with E-state index < -0.39 is 0 Å². The molecule has 1 atom stereocenters. The van der Waals surface area contributed by atoms with Gasteiger partial charge in [-0.1, -0.05) is 42.5 Å². The van der Waals surface area contributed by atoms with Gasteiger partial charge in [-0.05, 0) is 34.9 Å². The predicted molar refractivity (Wildman–Crippen MR) is 127 cm³/mol. The quantitative estimate of drug-likeness (QED) is 0.607. The Labute approximate surface area is 194 Å². The second-order valence-corrected chi connectivity index (χ2v) is 8.66. The molecule has 0 aliphatic carbocycles. The molecule has 2 aliphatic heterocycles. The number of aromatic nitrogens is 1. The van der Waals surface area contributed by atoms with Crippen molar-refractivity contribution in [3.05, 3.63) is 83.7 Å². The zero-order valence-corrected chi connectivity index (χ0v) is 18.7. The highest BCUT2D eigenvalue weighted by Crippen LogP contribution is 2.33. The van der Waals surface area contributed by atoms with Gasteiger partial charge in [0.1, 0.15) is 11.9 Å². The first kappa shape index (κ1) is 21.6. The summed E-state index contributed by atoms with van der Waals surface area (Å²) < 4.78 is 11.6. The van der Waals surface area contributed by atoms with Crippen LogP contribution in [0.15, 0.2) is 66.9 Å². The summed E-state index contributed by atoms with van der Waals surface area (Å²) in [4.78, 5) is 19.2. The van der Waals surface area contributed by atoms with Crippen molar-refractivity contribution in [2.45, 2.75) is 25.5 Å². The molecule has 0 bridgehead atoms. The van der Waals surface area contributed by atoms with E-state index in [0.717, 1.165) is 67.4 Å². The summed E-state index contributed by atoms with van der Waals surface area (Å²) in [5, 5.41) is 2.95. The average Bonchev–Trinajstić information content (AvgIpc) is 3.26. The fourth-order valence-electron chi connectivity index (χ4n) is 4.40. The van der Waals surface area contributed by atoms with E-state index in [0.29, 0.717) is 6.54 Å². The molecule has 2 aliphatic rings. The van der Waals surface area contributed by atoms with Crippen molar-refractivity contribution < 1.29 is 14.3 Å². The van der Waals surface area contributed by atoms with Crippen molar-refractivity contribution in [1.82, 2.24) is 15.2 Å². The number of fused-ring (bicyclic) bond motifs is 1.